The van der Waals surface area contributed by atoms with Crippen molar-refractivity contribution in [3.8, 4) is 6.07 Å². The largest absolute Gasteiger partial charge is 0.350 e. The summed E-state index contributed by atoms with van der Waals surface area (Å²) in [5.74, 6) is -0.191. The van der Waals surface area contributed by atoms with Crippen molar-refractivity contribution in [3.05, 3.63) is 70.8 Å². The molecule has 2 aromatic carbocycles. The highest BCUT2D eigenvalue weighted by Gasteiger charge is 2.12. The Bertz CT molecular complexity index is 756. The van der Waals surface area contributed by atoms with Gasteiger partial charge in [-0.05, 0) is 31.5 Å². The van der Waals surface area contributed by atoms with Gasteiger partial charge in [-0.25, -0.2) is 0 Å². The van der Waals surface area contributed by atoms with Gasteiger partial charge in [-0.1, -0.05) is 42.0 Å². The van der Waals surface area contributed by atoms with Gasteiger partial charge in [0.05, 0.1) is 17.7 Å². The fourth-order valence-corrected chi connectivity index (χ4v) is 2.35. The number of hydrogen-bond donors (Lipinski definition) is 1. The van der Waals surface area contributed by atoms with E-state index in [1.807, 2.05) is 38.1 Å². The molecule has 1 atom stereocenters. The number of nitrogens with one attached hydrogen (secondary N) is 1. The predicted octanol–water partition coefficient (Wildman–Crippen LogP) is 3.71. The van der Waals surface area contributed by atoms with E-state index in [1.165, 1.54) is 0 Å². The standard InChI is InChI=1S/C20H20N2O2/c1-14-3-7-18(8-4-14)19(23)11-12-20(24)22-15(2)17-9-5-16(13-21)6-10-17/h3-10,15H,11-12H2,1-2H3,(H,22,24). The molecule has 0 saturated heterocycles. The van der Waals surface area contributed by atoms with Crippen molar-refractivity contribution < 1.29 is 9.59 Å². The lowest BCUT2D eigenvalue weighted by Gasteiger charge is -2.14. The van der Waals surface area contributed by atoms with Crippen LogP contribution in [0, 0.1) is 18.3 Å². The number of hydrogen-bond acceptors (Lipinski definition) is 3. The monoisotopic (exact) mass is 320 g/mol. The van der Waals surface area contributed by atoms with Gasteiger partial charge in [0.2, 0.25) is 5.91 Å². The number of aryl methyl sites for hydroxylation is 1. The van der Waals surface area contributed by atoms with Crippen LogP contribution in [0.3, 0.4) is 0 Å². The molecule has 4 nitrogen and oxygen atoms in total. The van der Waals surface area contributed by atoms with Crippen LogP contribution in [-0.4, -0.2) is 11.7 Å². The Morgan fingerprint density at radius 2 is 1.67 bits per heavy atom. The Balaban J connectivity index is 1.85. The number of benzene rings is 2. The van der Waals surface area contributed by atoms with Gasteiger partial charge in [0.25, 0.3) is 0 Å². The first-order valence-corrected chi connectivity index (χ1v) is 7.89. The molecule has 122 valence electrons. The van der Waals surface area contributed by atoms with E-state index >= 15 is 0 Å². The van der Waals surface area contributed by atoms with E-state index in [-0.39, 0.29) is 30.6 Å². The Morgan fingerprint density at radius 1 is 1.04 bits per heavy atom. The second-order valence-corrected chi connectivity index (χ2v) is 5.81. The lowest BCUT2D eigenvalue weighted by molar-refractivity contribution is -0.121. The van der Waals surface area contributed by atoms with Crippen LogP contribution >= 0.6 is 0 Å². The quantitative estimate of drug-likeness (QED) is 0.825. The summed E-state index contributed by atoms with van der Waals surface area (Å²) in [6.07, 6.45) is 0.350. The molecule has 1 unspecified atom stereocenters. The van der Waals surface area contributed by atoms with Gasteiger partial charge in [-0.2, -0.15) is 5.26 Å². The van der Waals surface area contributed by atoms with E-state index in [4.69, 9.17) is 5.26 Å². The zero-order valence-electron chi connectivity index (χ0n) is 13.9. The number of ketones is 1. The number of carbonyl (C=O) groups excluding carboxylic acids is 2. The molecule has 0 aliphatic rings. The van der Waals surface area contributed by atoms with E-state index in [2.05, 4.69) is 11.4 Å². The van der Waals surface area contributed by atoms with Crippen molar-refractivity contribution in [3.63, 3.8) is 0 Å². The maximum absolute atomic E-state index is 12.1. The first-order chi connectivity index (χ1) is 11.5. The molecule has 0 heterocycles. The Labute approximate surface area is 142 Å². The molecular weight excluding hydrogens is 300 g/mol. The molecule has 0 aliphatic carbocycles. The second kappa shape index (κ2) is 8.07. The maximum Gasteiger partial charge on any atom is 0.220 e. The average molecular weight is 320 g/mol. The maximum atomic E-state index is 12.1. The summed E-state index contributed by atoms with van der Waals surface area (Å²) >= 11 is 0. The van der Waals surface area contributed by atoms with E-state index in [0.717, 1.165) is 11.1 Å². The molecule has 0 radical (unpaired) electrons. The third-order valence-electron chi connectivity index (χ3n) is 3.87. The lowest BCUT2D eigenvalue weighted by Crippen LogP contribution is -2.26. The van der Waals surface area contributed by atoms with Gasteiger partial charge >= 0.3 is 0 Å². The van der Waals surface area contributed by atoms with Crippen LogP contribution in [-0.2, 0) is 4.79 Å². The third-order valence-corrected chi connectivity index (χ3v) is 3.87. The molecule has 0 aromatic heterocycles. The summed E-state index contributed by atoms with van der Waals surface area (Å²) in [5, 5.41) is 11.7. The van der Waals surface area contributed by atoms with Crippen LogP contribution in [0.5, 0.6) is 0 Å². The van der Waals surface area contributed by atoms with Crippen LogP contribution in [0.2, 0.25) is 0 Å². The molecular formula is C20H20N2O2. The molecule has 24 heavy (non-hydrogen) atoms. The zero-order valence-corrected chi connectivity index (χ0v) is 13.9. The van der Waals surface area contributed by atoms with Crippen molar-refractivity contribution in [1.29, 1.82) is 5.26 Å². The molecule has 1 amide bonds. The van der Waals surface area contributed by atoms with Gasteiger partial charge in [-0.3, -0.25) is 9.59 Å². The zero-order chi connectivity index (χ0) is 17.5. The summed E-state index contributed by atoms with van der Waals surface area (Å²) in [6.45, 7) is 3.84. The Hall–Kier alpha value is -2.93. The van der Waals surface area contributed by atoms with Crippen LogP contribution in [0.25, 0.3) is 0 Å². The third kappa shape index (κ3) is 4.79. The van der Waals surface area contributed by atoms with Gasteiger partial charge < -0.3 is 5.32 Å². The highest BCUT2D eigenvalue weighted by molar-refractivity contribution is 5.98. The fourth-order valence-electron chi connectivity index (χ4n) is 2.35. The minimum Gasteiger partial charge on any atom is -0.350 e. The molecule has 0 bridgehead atoms. The number of rotatable bonds is 6. The number of nitriles is 1. The summed E-state index contributed by atoms with van der Waals surface area (Å²) < 4.78 is 0. The van der Waals surface area contributed by atoms with Crippen molar-refractivity contribution >= 4 is 11.7 Å². The van der Waals surface area contributed by atoms with Crippen LogP contribution in [0.15, 0.2) is 48.5 Å². The fraction of sp³-hybridized carbons (Fsp3) is 0.250. The normalized spacial score (nSPS) is 11.4. The smallest absolute Gasteiger partial charge is 0.220 e. The molecule has 2 rings (SSSR count). The lowest BCUT2D eigenvalue weighted by atomic mass is 10.0. The Kier molecular flexibility index (Phi) is 5.86. The number of carbonyl (C=O) groups is 2. The van der Waals surface area contributed by atoms with Gasteiger partial charge in [0, 0.05) is 18.4 Å². The minimum absolute atomic E-state index is 0.0313. The van der Waals surface area contributed by atoms with E-state index in [0.29, 0.717) is 11.1 Å². The minimum atomic E-state index is -0.167. The van der Waals surface area contributed by atoms with E-state index < -0.39 is 0 Å². The van der Waals surface area contributed by atoms with Crippen molar-refractivity contribution in [1.82, 2.24) is 5.32 Å². The topological polar surface area (TPSA) is 70.0 Å². The molecule has 2 aromatic rings. The van der Waals surface area contributed by atoms with Crippen molar-refractivity contribution in [2.45, 2.75) is 32.7 Å². The number of nitrogens with zero attached hydrogens (tertiary/aromatic N) is 1. The molecule has 0 saturated carbocycles. The summed E-state index contributed by atoms with van der Waals surface area (Å²) in [6, 6.07) is 16.3. The average Bonchev–Trinajstić information content (AvgIpc) is 2.60. The molecule has 1 N–H and O–H groups in total. The summed E-state index contributed by atoms with van der Waals surface area (Å²) in [5.41, 5.74) is 3.24. The van der Waals surface area contributed by atoms with Crippen LogP contribution < -0.4 is 5.32 Å². The summed E-state index contributed by atoms with van der Waals surface area (Å²) in [7, 11) is 0. The molecule has 4 heteroatoms. The van der Waals surface area contributed by atoms with Gasteiger partial charge in [0.15, 0.2) is 5.78 Å². The molecule has 0 fully saturated rings. The first kappa shape index (κ1) is 17.4. The predicted molar refractivity (Wildman–Crippen MR) is 92.5 cm³/mol. The first-order valence-electron chi connectivity index (χ1n) is 7.89. The van der Waals surface area contributed by atoms with E-state index in [1.54, 1.807) is 24.3 Å². The second-order valence-electron chi connectivity index (χ2n) is 5.81. The SMILES string of the molecule is Cc1ccc(C(=O)CCC(=O)NC(C)c2ccc(C#N)cc2)cc1. The van der Waals surface area contributed by atoms with Crippen molar-refractivity contribution in [2.24, 2.45) is 0 Å². The van der Waals surface area contributed by atoms with Crippen molar-refractivity contribution in [2.75, 3.05) is 0 Å². The van der Waals surface area contributed by atoms with Crippen LogP contribution in [0.1, 0.15) is 52.9 Å². The molecule has 0 spiro atoms. The van der Waals surface area contributed by atoms with Gasteiger partial charge in [-0.15, -0.1) is 0 Å². The van der Waals surface area contributed by atoms with Gasteiger partial charge in [0.1, 0.15) is 0 Å². The highest BCUT2D eigenvalue weighted by atomic mass is 16.2. The van der Waals surface area contributed by atoms with Crippen LogP contribution in [0.4, 0.5) is 0 Å². The highest BCUT2D eigenvalue weighted by Crippen LogP contribution is 2.14. The molecule has 0 aliphatic heterocycles. The number of Topliss-reactive ketones (excluding diaryl/α,β-unsaturated/α-hetero) is 1. The number of amides is 1. The summed E-state index contributed by atoms with van der Waals surface area (Å²) in [4.78, 5) is 24.1. The van der Waals surface area contributed by atoms with E-state index in [9.17, 15) is 9.59 Å². The Morgan fingerprint density at radius 3 is 2.25 bits per heavy atom.